The molecule has 0 saturated heterocycles. The molecule has 2 unspecified atom stereocenters. The van der Waals surface area contributed by atoms with E-state index in [0.29, 0.717) is 12.5 Å². The monoisotopic (exact) mass is 268 g/mol. The highest BCUT2D eigenvalue weighted by Gasteiger charge is 2.22. The highest BCUT2D eigenvalue weighted by molar-refractivity contribution is 5.78. The molecule has 0 radical (unpaired) electrons. The van der Waals surface area contributed by atoms with Gasteiger partial charge in [-0.1, -0.05) is 6.07 Å². The van der Waals surface area contributed by atoms with Crippen molar-refractivity contribution in [2.24, 2.45) is 11.7 Å². The number of hydrogen-bond acceptors (Lipinski definition) is 2. The maximum Gasteiger partial charge on any atom is 0.224 e. The molecular weight excluding hydrogens is 250 g/mol. The molecule has 1 saturated carbocycles. The van der Waals surface area contributed by atoms with Crippen molar-refractivity contribution in [3.63, 3.8) is 0 Å². The van der Waals surface area contributed by atoms with Crippen LogP contribution in [-0.4, -0.2) is 18.5 Å². The summed E-state index contributed by atoms with van der Waals surface area (Å²) in [6.45, 7) is 0.530. The lowest BCUT2D eigenvalue weighted by Gasteiger charge is -2.11. The number of nitrogens with two attached hydrogens (primary N) is 1. The van der Waals surface area contributed by atoms with Gasteiger partial charge in [0.25, 0.3) is 0 Å². The lowest BCUT2D eigenvalue weighted by atomic mass is 10.1. The molecule has 1 aromatic rings. The predicted molar refractivity (Wildman–Crippen MR) is 68.4 cm³/mol. The zero-order valence-corrected chi connectivity index (χ0v) is 10.7. The summed E-state index contributed by atoms with van der Waals surface area (Å²) in [7, 11) is 0. The van der Waals surface area contributed by atoms with E-state index in [2.05, 4.69) is 5.32 Å². The molecule has 0 aliphatic heterocycles. The Morgan fingerprint density at radius 1 is 1.32 bits per heavy atom. The fourth-order valence-electron chi connectivity index (χ4n) is 2.48. The van der Waals surface area contributed by atoms with Crippen molar-refractivity contribution in [2.75, 3.05) is 6.54 Å². The van der Waals surface area contributed by atoms with Crippen molar-refractivity contribution in [1.82, 2.24) is 5.32 Å². The number of rotatable bonds is 4. The molecule has 104 valence electrons. The van der Waals surface area contributed by atoms with Crippen LogP contribution >= 0.6 is 0 Å². The summed E-state index contributed by atoms with van der Waals surface area (Å²) in [6, 6.07) is 3.81. The Morgan fingerprint density at radius 2 is 2.00 bits per heavy atom. The summed E-state index contributed by atoms with van der Waals surface area (Å²) in [5.41, 5.74) is 5.61. The van der Waals surface area contributed by atoms with Crippen molar-refractivity contribution < 1.29 is 13.6 Å². The summed E-state index contributed by atoms with van der Waals surface area (Å²) in [5.74, 6) is -1.34. The fraction of sp³-hybridized carbons (Fsp3) is 0.500. The second-order valence-corrected chi connectivity index (χ2v) is 5.12. The molecule has 0 bridgehead atoms. The van der Waals surface area contributed by atoms with Gasteiger partial charge in [-0.3, -0.25) is 4.79 Å². The lowest BCUT2D eigenvalue weighted by molar-refractivity contribution is -0.120. The molecular formula is C14H18F2N2O. The van der Waals surface area contributed by atoms with Crippen LogP contribution in [0.4, 0.5) is 8.78 Å². The first-order chi connectivity index (χ1) is 9.06. The van der Waals surface area contributed by atoms with Crippen LogP contribution in [0.3, 0.4) is 0 Å². The molecule has 3 N–H and O–H groups in total. The third-order valence-electron chi connectivity index (χ3n) is 3.57. The number of carbonyl (C=O) groups is 1. The number of benzene rings is 1. The van der Waals surface area contributed by atoms with E-state index in [1.165, 1.54) is 6.07 Å². The highest BCUT2D eigenvalue weighted by Crippen LogP contribution is 2.23. The van der Waals surface area contributed by atoms with Crippen LogP contribution in [0.2, 0.25) is 0 Å². The maximum atomic E-state index is 13.4. The van der Waals surface area contributed by atoms with E-state index in [-0.39, 0.29) is 23.9 Å². The lowest BCUT2D eigenvalue weighted by Crippen LogP contribution is -2.30. The van der Waals surface area contributed by atoms with Crippen LogP contribution in [0.15, 0.2) is 18.2 Å². The van der Waals surface area contributed by atoms with Gasteiger partial charge in [0.2, 0.25) is 5.91 Å². The van der Waals surface area contributed by atoms with Gasteiger partial charge in [-0.2, -0.15) is 0 Å². The van der Waals surface area contributed by atoms with Crippen LogP contribution in [0.1, 0.15) is 24.8 Å². The van der Waals surface area contributed by atoms with E-state index in [0.717, 1.165) is 31.4 Å². The van der Waals surface area contributed by atoms with Gasteiger partial charge in [-0.25, -0.2) is 8.78 Å². The van der Waals surface area contributed by atoms with Gasteiger partial charge in [-0.15, -0.1) is 0 Å². The Kier molecular flexibility index (Phi) is 4.47. The summed E-state index contributed by atoms with van der Waals surface area (Å²) in [4.78, 5) is 11.7. The quantitative estimate of drug-likeness (QED) is 0.874. The second kappa shape index (κ2) is 6.10. The van der Waals surface area contributed by atoms with Crippen molar-refractivity contribution in [1.29, 1.82) is 0 Å². The molecule has 1 aromatic carbocycles. The summed E-state index contributed by atoms with van der Waals surface area (Å²) in [5, 5.41) is 2.72. The van der Waals surface area contributed by atoms with Crippen LogP contribution in [-0.2, 0) is 11.2 Å². The molecule has 1 aliphatic carbocycles. The smallest absolute Gasteiger partial charge is 0.224 e. The Labute approximate surface area is 111 Å². The van der Waals surface area contributed by atoms with E-state index >= 15 is 0 Å². The van der Waals surface area contributed by atoms with Gasteiger partial charge in [0, 0.05) is 18.2 Å². The molecule has 1 fully saturated rings. The molecule has 1 aliphatic rings. The average Bonchev–Trinajstić information content (AvgIpc) is 2.77. The van der Waals surface area contributed by atoms with Crippen molar-refractivity contribution in [2.45, 2.75) is 31.7 Å². The SMILES string of the molecule is NC1CCC(CNC(=O)Cc2c(F)cccc2F)C1. The van der Waals surface area contributed by atoms with E-state index < -0.39 is 11.6 Å². The molecule has 2 rings (SSSR count). The maximum absolute atomic E-state index is 13.4. The van der Waals surface area contributed by atoms with Crippen LogP contribution in [0.25, 0.3) is 0 Å². The zero-order valence-electron chi connectivity index (χ0n) is 10.7. The van der Waals surface area contributed by atoms with Gasteiger partial charge in [-0.05, 0) is 37.3 Å². The molecule has 0 heterocycles. The molecule has 0 aromatic heterocycles. The number of carbonyl (C=O) groups excluding carboxylic acids is 1. The summed E-state index contributed by atoms with van der Waals surface area (Å²) in [6.07, 6.45) is 2.60. The van der Waals surface area contributed by atoms with Crippen molar-refractivity contribution in [3.8, 4) is 0 Å². The Morgan fingerprint density at radius 3 is 2.58 bits per heavy atom. The molecule has 5 heteroatoms. The largest absolute Gasteiger partial charge is 0.356 e. The van der Waals surface area contributed by atoms with Gasteiger partial charge in [0.05, 0.1) is 6.42 Å². The van der Waals surface area contributed by atoms with E-state index in [1.807, 2.05) is 0 Å². The van der Waals surface area contributed by atoms with Crippen molar-refractivity contribution in [3.05, 3.63) is 35.4 Å². The van der Waals surface area contributed by atoms with Crippen molar-refractivity contribution >= 4 is 5.91 Å². The van der Waals surface area contributed by atoms with Gasteiger partial charge in [0.15, 0.2) is 0 Å². The Balaban J connectivity index is 1.84. The van der Waals surface area contributed by atoms with Crippen LogP contribution in [0, 0.1) is 17.6 Å². The first kappa shape index (κ1) is 13.9. The molecule has 0 spiro atoms. The number of halogens is 2. The summed E-state index contributed by atoms with van der Waals surface area (Å²) >= 11 is 0. The topological polar surface area (TPSA) is 55.1 Å². The number of amides is 1. The molecule has 3 nitrogen and oxygen atoms in total. The number of nitrogens with one attached hydrogen (secondary N) is 1. The van der Waals surface area contributed by atoms with E-state index in [1.54, 1.807) is 0 Å². The summed E-state index contributed by atoms with van der Waals surface area (Å²) < 4.78 is 26.7. The minimum absolute atomic E-state index is 0.178. The van der Waals surface area contributed by atoms with Crippen LogP contribution in [0.5, 0.6) is 0 Å². The predicted octanol–water partition coefficient (Wildman–Crippen LogP) is 1.75. The van der Waals surface area contributed by atoms with Gasteiger partial charge in [0.1, 0.15) is 11.6 Å². The first-order valence-corrected chi connectivity index (χ1v) is 6.51. The minimum atomic E-state index is -0.682. The standard InChI is InChI=1S/C14H18F2N2O/c15-12-2-1-3-13(16)11(12)7-14(19)18-8-9-4-5-10(17)6-9/h1-3,9-10H,4-8,17H2,(H,18,19). The zero-order chi connectivity index (χ0) is 13.8. The highest BCUT2D eigenvalue weighted by atomic mass is 19.1. The Hall–Kier alpha value is -1.49. The van der Waals surface area contributed by atoms with E-state index in [9.17, 15) is 13.6 Å². The molecule has 1 amide bonds. The molecule has 2 atom stereocenters. The third kappa shape index (κ3) is 3.73. The average molecular weight is 268 g/mol. The normalized spacial score (nSPS) is 22.5. The van der Waals surface area contributed by atoms with Crippen LogP contribution < -0.4 is 11.1 Å². The second-order valence-electron chi connectivity index (χ2n) is 5.12. The fourth-order valence-corrected chi connectivity index (χ4v) is 2.48. The Bertz CT molecular complexity index is 445. The van der Waals surface area contributed by atoms with Gasteiger partial charge >= 0.3 is 0 Å². The number of hydrogen-bond donors (Lipinski definition) is 2. The third-order valence-corrected chi connectivity index (χ3v) is 3.57. The van der Waals surface area contributed by atoms with Gasteiger partial charge < -0.3 is 11.1 Å². The van der Waals surface area contributed by atoms with E-state index in [4.69, 9.17) is 5.73 Å². The molecule has 19 heavy (non-hydrogen) atoms. The minimum Gasteiger partial charge on any atom is -0.356 e. The first-order valence-electron chi connectivity index (χ1n) is 6.51.